The first-order valence-electron chi connectivity index (χ1n) is 9.88. The van der Waals surface area contributed by atoms with E-state index in [0.29, 0.717) is 29.3 Å². The molecule has 1 amide bonds. The van der Waals surface area contributed by atoms with Crippen molar-refractivity contribution in [3.63, 3.8) is 0 Å². The number of hydrogen-bond donors (Lipinski definition) is 0. The van der Waals surface area contributed by atoms with E-state index in [-0.39, 0.29) is 5.91 Å². The first kappa shape index (κ1) is 17.6. The molecule has 144 valence electrons. The molecule has 0 saturated heterocycles. The summed E-state index contributed by atoms with van der Waals surface area (Å²) in [7, 11) is 0. The van der Waals surface area contributed by atoms with Crippen LogP contribution in [0.25, 0.3) is 10.7 Å². The monoisotopic (exact) mass is 393 g/mol. The second kappa shape index (κ2) is 6.85. The van der Waals surface area contributed by atoms with Crippen molar-refractivity contribution >= 4 is 17.2 Å². The van der Waals surface area contributed by atoms with Crippen LogP contribution in [0, 0.1) is 12.8 Å². The zero-order chi connectivity index (χ0) is 19.3. The third-order valence-electron chi connectivity index (χ3n) is 5.61. The lowest BCUT2D eigenvalue weighted by atomic mass is 10.2. The number of hydrogen-bond acceptors (Lipinski definition) is 5. The van der Waals surface area contributed by atoms with Gasteiger partial charge in [0.15, 0.2) is 0 Å². The van der Waals surface area contributed by atoms with Gasteiger partial charge in [-0.15, -0.1) is 11.3 Å². The highest BCUT2D eigenvalue weighted by atomic mass is 32.1. The van der Waals surface area contributed by atoms with E-state index in [0.717, 1.165) is 40.8 Å². The predicted octanol–water partition coefficient (Wildman–Crippen LogP) is 5.03. The smallest absolute Gasteiger partial charge is 0.266 e. The average molecular weight is 394 g/mol. The summed E-state index contributed by atoms with van der Waals surface area (Å²) in [6, 6.07) is 10.2. The van der Waals surface area contributed by atoms with Gasteiger partial charge in [0.05, 0.1) is 17.9 Å². The van der Waals surface area contributed by atoms with Gasteiger partial charge in [-0.3, -0.25) is 9.78 Å². The molecule has 5 nitrogen and oxygen atoms in total. The minimum atomic E-state index is 0.0532. The minimum absolute atomic E-state index is 0.0532. The lowest BCUT2D eigenvalue weighted by molar-refractivity contribution is 0.0720. The molecule has 2 atom stereocenters. The first-order valence-corrected chi connectivity index (χ1v) is 10.7. The zero-order valence-corrected chi connectivity index (χ0v) is 16.9. The fourth-order valence-corrected chi connectivity index (χ4v) is 4.64. The quantitative estimate of drug-likeness (QED) is 0.589. The lowest BCUT2D eigenvalue weighted by Crippen LogP contribution is -2.32. The van der Waals surface area contributed by atoms with Gasteiger partial charge in [0.1, 0.15) is 21.4 Å². The summed E-state index contributed by atoms with van der Waals surface area (Å²) in [5.74, 6) is 3.27. The number of carbonyl (C=O) groups is 1. The molecule has 0 N–H and O–H groups in total. The van der Waals surface area contributed by atoms with Crippen LogP contribution in [-0.2, 0) is 6.54 Å². The van der Waals surface area contributed by atoms with Gasteiger partial charge in [0.25, 0.3) is 5.91 Å². The van der Waals surface area contributed by atoms with Gasteiger partial charge in [-0.05, 0) is 56.4 Å². The highest BCUT2D eigenvalue weighted by Gasteiger charge is 2.38. The Kier molecular flexibility index (Phi) is 4.31. The molecular weight excluding hydrogens is 370 g/mol. The molecule has 3 aromatic rings. The number of amides is 1. The molecular formula is C22H23N3O2S. The molecule has 0 radical (unpaired) electrons. The average Bonchev–Trinajstić information content (AvgIpc) is 3.59. The van der Waals surface area contributed by atoms with Gasteiger partial charge in [-0.2, -0.15) is 0 Å². The van der Waals surface area contributed by atoms with Crippen molar-refractivity contribution in [1.82, 2.24) is 14.9 Å². The molecule has 3 heterocycles. The molecule has 2 fully saturated rings. The Morgan fingerprint density at radius 2 is 2.11 bits per heavy atom. The van der Waals surface area contributed by atoms with Gasteiger partial charge in [0.2, 0.25) is 0 Å². The normalized spacial score (nSPS) is 20.9. The number of aryl methyl sites for hydroxylation is 1. The van der Waals surface area contributed by atoms with E-state index in [1.165, 1.54) is 17.8 Å². The standard InChI is InChI=1S/C22H23N3O2S/c1-13-11-17(13)19-9-8-16(27-19)12-25(15-6-7-15)22(26)20-14(2)24-21(28-20)18-5-3-4-10-23-18/h3-5,8-10,13,15,17H,6-7,11-12H2,1-2H3. The Balaban J connectivity index is 1.38. The maximum Gasteiger partial charge on any atom is 0.266 e. The summed E-state index contributed by atoms with van der Waals surface area (Å²) in [5.41, 5.74) is 1.58. The van der Waals surface area contributed by atoms with E-state index in [2.05, 4.69) is 23.0 Å². The Morgan fingerprint density at radius 1 is 1.29 bits per heavy atom. The number of rotatable bonds is 6. The van der Waals surface area contributed by atoms with E-state index in [1.807, 2.05) is 36.1 Å². The van der Waals surface area contributed by atoms with E-state index in [9.17, 15) is 4.79 Å². The highest BCUT2D eigenvalue weighted by Crippen LogP contribution is 2.47. The number of aromatic nitrogens is 2. The number of pyridine rings is 1. The molecule has 3 aromatic heterocycles. The van der Waals surface area contributed by atoms with Crippen molar-refractivity contribution in [3.8, 4) is 10.7 Å². The first-order chi connectivity index (χ1) is 13.6. The van der Waals surface area contributed by atoms with Crippen molar-refractivity contribution in [2.75, 3.05) is 0 Å². The van der Waals surface area contributed by atoms with Gasteiger partial charge < -0.3 is 9.32 Å². The molecule has 2 unspecified atom stereocenters. The summed E-state index contributed by atoms with van der Waals surface area (Å²) >= 11 is 1.43. The van der Waals surface area contributed by atoms with E-state index in [1.54, 1.807) is 6.20 Å². The molecule has 2 aliphatic rings. The highest BCUT2D eigenvalue weighted by molar-refractivity contribution is 7.17. The van der Waals surface area contributed by atoms with Crippen LogP contribution in [0.5, 0.6) is 0 Å². The van der Waals surface area contributed by atoms with E-state index in [4.69, 9.17) is 4.42 Å². The van der Waals surface area contributed by atoms with Crippen molar-refractivity contribution in [2.24, 2.45) is 5.92 Å². The molecule has 28 heavy (non-hydrogen) atoms. The second-order valence-electron chi connectivity index (χ2n) is 7.94. The minimum Gasteiger partial charge on any atom is -0.464 e. The van der Waals surface area contributed by atoms with Crippen molar-refractivity contribution in [1.29, 1.82) is 0 Å². The maximum absolute atomic E-state index is 13.3. The summed E-state index contributed by atoms with van der Waals surface area (Å²) < 4.78 is 6.06. The molecule has 0 aliphatic heterocycles. The molecule has 5 rings (SSSR count). The van der Waals surface area contributed by atoms with Crippen molar-refractivity contribution < 1.29 is 9.21 Å². The Labute approximate surface area is 168 Å². The van der Waals surface area contributed by atoms with E-state index >= 15 is 0 Å². The van der Waals surface area contributed by atoms with Crippen molar-refractivity contribution in [2.45, 2.75) is 51.6 Å². The lowest BCUT2D eigenvalue weighted by Gasteiger charge is -2.20. The van der Waals surface area contributed by atoms with Crippen LogP contribution >= 0.6 is 11.3 Å². The van der Waals surface area contributed by atoms with Gasteiger partial charge in [-0.1, -0.05) is 13.0 Å². The predicted molar refractivity (Wildman–Crippen MR) is 108 cm³/mol. The summed E-state index contributed by atoms with van der Waals surface area (Å²) in [5, 5.41) is 0.792. The zero-order valence-electron chi connectivity index (χ0n) is 16.1. The summed E-state index contributed by atoms with van der Waals surface area (Å²) in [6.07, 6.45) is 5.07. The molecule has 0 bridgehead atoms. The molecule has 2 aliphatic carbocycles. The van der Waals surface area contributed by atoms with E-state index < -0.39 is 0 Å². The molecule has 0 spiro atoms. The van der Waals surface area contributed by atoms with Crippen LogP contribution < -0.4 is 0 Å². The third kappa shape index (κ3) is 3.37. The Bertz CT molecular complexity index is 1010. The van der Waals surface area contributed by atoms with Crippen LogP contribution in [0.3, 0.4) is 0 Å². The topological polar surface area (TPSA) is 59.2 Å². The number of furan rings is 1. The third-order valence-corrected chi connectivity index (χ3v) is 6.77. The molecule has 2 saturated carbocycles. The van der Waals surface area contributed by atoms with Gasteiger partial charge >= 0.3 is 0 Å². The van der Waals surface area contributed by atoms with Crippen LogP contribution in [0.2, 0.25) is 0 Å². The van der Waals surface area contributed by atoms with Gasteiger partial charge in [0, 0.05) is 18.2 Å². The SMILES string of the molecule is Cc1nc(-c2ccccn2)sc1C(=O)N(Cc1ccc(C2CC2C)o1)C1CC1. The maximum atomic E-state index is 13.3. The summed E-state index contributed by atoms with van der Waals surface area (Å²) in [4.78, 5) is 25.0. The van der Waals surface area contributed by atoms with Crippen LogP contribution in [0.15, 0.2) is 40.9 Å². The number of thiazole rings is 1. The van der Waals surface area contributed by atoms with Crippen LogP contribution in [0.1, 0.15) is 59.0 Å². The molecule has 6 heteroatoms. The van der Waals surface area contributed by atoms with Crippen LogP contribution in [-0.4, -0.2) is 26.8 Å². The number of carbonyl (C=O) groups excluding carboxylic acids is 1. The Hall–Kier alpha value is -2.47. The van der Waals surface area contributed by atoms with Crippen LogP contribution in [0.4, 0.5) is 0 Å². The summed E-state index contributed by atoms with van der Waals surface area (Å²) in [6.45, 7) is 4.68. The molecule has 0 aromatic carbocycles. The van der Waals surface area contributed by atoms with Gasteiger partial charge in [-0.25, -0.2) is 4.98 Å². The number of nitrogens with zero attached hydrogens (tertiary/aromatic N) is 3. The van der Waals surface area contributed by atoms with Crippen molar-refractivity contribution in [3.05, 3.63) is 58.6 Å². The Morgan fingerprint density at radius 3 is 2.79 bits per heavy atom. The second-order valence-corrected chi connectivity index (χ2v) is 8.94. The largest absolute Gasteiger partial charge is 0.464 e. The fraction of sp³-hybridized carbons (Fsp3) is 0.409. The fourth-order valence-electron chi connectivity index (χ4n) is 3.64.